The second-order valence-electron chi connectivity index (χ2n) is 2.53. The van der Waals surface area contributed by atoms with E-state index in [0.29, 0.717) is 0 Å². The van der Waals surface area contributed by atoms with Crippen LogP contribution in [0.4, 0.5) is 0 Å². The number of rotatable bonds is 3. The Morgan fingerprint density at radius 1 is 1.55 bits per heavy atom. The number of likely N-dealkylation sites (N-methyl/N-ethyl adjacent to an activating group) is 1. The Morgan fingerprint density at radius 2 is 2.27 bits per heavy atom. The quantitative estimate of drug-likeness (QED) is 0.758. The summed E-state index contributed by atoms with van der Waals surface area (Å²) in [5, 5.41) is 4.36. The molecule has 0 amide bonds. The van der Waals surface area contributed by atoms with Crippen molar-refractivity contribution in [2.75, 3.05) is 26.7 Å². The molecule has 0 saturated heterocycles. The lowest BCUT2D eigenvalue weighted by atomic mass is 10.4. The van der Waals surface area contributed by atoms with E-state index in [-0.39, 0.29) is 17.0 Å². The van der Waals surface area contributed by atoms with Crippen molar-refractivity contribution in [3.63, 3.8) is 0 Å². The zero-order valence-electron chi connectivity index (χ0n) is 6.86. The largest absolute Gasteiger partial charge is 0.330 e. The summed E-state index contributed by atoms with van der Waals surface area (Å²) in [4.78, 5) is 0. The lowest BCUT2D eigenvalue weighted by Crippen LogP contribution is -2.32. The summed E-state index contributed by atoms with van der Waals surface area (Å²) in [7, 11) is 2.08. The highest BCUT2D eigenvalue weighted by Gasteiger charge is 2.08. The molecule has 0 aromatic rings. The summed E-state index contributed by atoms with van der Waals surface area (Å²) < 4.78 is 0. The predicted octanol–water partition coefficient (Wildman–Crippen LogP) is 0.589. The molecule has 1 heterocycles. The normalized spacial score (nSPS) is 17.1. The fraction of sp³-hybridized carbons (Fsp3) is 0.714. The average Bonchev–Trinajstić information content (AvgIpc) is 2.31. The van der Waals surface area contributed by atoms with E-state index in [1.807, 2.05) is 0 Å². The van der Waals surface area contributed by atoms with E-state index in [1.54, 1.807) is 0 Å². The first-order chi connectivity index (χ1) is 4.84. The monoisotopic (exact) mass is 221 g/mol. The molecule has 0 unspecified atom stereocenters. The van der Waals surface area contributed by atoms with Gasteiger partial charge in [0, 0.05) is 26.3 Å². The Morgan fingerprint density at radius 3 is 2.73 bits per heavy atom. The van der Waals surface area contributed by atoms with Crippen LogP contribution < -0.4 is 5.73 Å². The van der Waals surface area contributed by atoms with Gasteiger partial charge in [0.2, 0.25) is 0 Å². The smallest absolute Gasteiger partial charge is 0.0375 e. The number of nitrogens with zero attached hydrogens (tertiary/aromatic N) is 2. The van der Waals surface area contributed by atoms with Crippen molar-refractivity contribution in [3.8, 4) is 0 Å². The lowest BCUT2D eigenvalue weighted by Gasteiger charge is -2.24. The summed E-state index contributed by atoms with van der Waals surface area (Å²) in [5.41, 5.74) is 5.38. The molecule has 0 aromatic carbocycles. The minimum absolute atomic E-state index is 0. The van der Waals surface area contributed by atoms with Crippen LogP contribution in [-0.2, 0) is 0 Å². The molecule has 1 rings (SSSR count). The molecule has 3 nitrogen and oxygen atoms in total. The zero-order chi connectivity index (χ0) is 7.40. The predicted molar refractivity (Wildman–Crippen MR) is 52.5 cm³/mol. The maximum atomic E-state index is 5.38. The second-order valence-corrected chi connectivity index (χ2v) is 2.53. The van der Waals surface area contributed by atoms with Gasteiger partial charge >= 0.3 is 0 Å². The molecule has 66 valence electrons. The van der Waals surface area contributed by atoms with Gasteiger partial charge in [0.05, 0.1) is 0 Å². The van der Waals surface area contributed by atoms with Crippen molar-refractivity contribution < 1.29 is 0 Å². The first-order valence-corrected chi connectivity index (χ1v) is 3.69. The molecule has 0 atom stereocenters. The van der Waals surface area contributed by atoms with Crippen LogP contribution in [0.25, 0.3) is 0 Å². The van der Waals surface area contributed by atoms with E-state index < -0.39 is 0 Å². The van der Waals surface area contributed by atoms with Crippen molar-refractivity contribution in [1.82, 2.24) is 10.0 Å². The van der Waals surface area contributed by atoms with E-state index >= 15 is 0 Å². The maximum absolute atomic E-state index is 5.38. The first kappa shape index (κ1) is 10.9. The second kappa shape index (κ2) is 5.57. The van der Waals surface area contributed by atoms with Gasteiger partial charge in [-0.05, 0) is 13.0 Å². The third-order valence-corrected chi connectivity index (χ3v) is 1.68. The van der Waals surface area contributed by atoms with Gasteiger partial charge in [-0.1, -0.05) is 6.08 Å². The van der Waals surface area contributed by atoms with Gasteiger partial charge in [0.15, 0.2) is 0 Å². The Balaban J connectivity index is 0.000001000. The molecule has 1 aliphatic rings. The van der Waals surface area contributed by atoms with Gasteiger partial charge in [-0.25, -0.2) is 5.01 Å². The highest BCUT2D eigenvalue weighted by Crippen LogP contribution is 2.03. The van der Waals surface area contributed by atoms with Gasteiger partial charge in [-0.15, -0.1) is 17.0 Å². The molecule has 0 aliphatic carbocycles. The molecule has 0 fully saturated rings. The maximum Gasteiger partial charge on any atom is 0.0375 e. The number of hydrogen-bond acceptors (Lipinski definition) is 3. The van der Waals surface area contributed by atoms with E-state index in [4.69, 9.17) is 5.73 Å². The SMILES string of the molecule is Br.CN1CC=CN1CCCN. The fourth-order valence-electron chi connectivity index (χ4n) is 1.04. The van der Waals surface area contributed by atoms with Crippen LogP contribution in [0, 0.1) is 0 Å². The summed E-state index contributed by atoms with van der Waals surface area (Å²) in [6.07, 6.45) is 5.32. The van der Waals surface area contributed by atoms with Crippen LogP contribution in [0.5, 0.6) is 0 Å². The summed E-state index contributed by atoms with van der Waals surface area (Å²) >= 11 is 0. The van der Waals surface area contributed by atoms with Gasteiger partial charge < -0.3 is 10.7 Å². The molecule has 0 spiro atoms. The Labute approximate surface area is 78.6 Å². The number of halogens is 1. The molecule has 1 aliphatic heterocycles. The molecule has 0 bridgehead atoms. The van der Waals surface area contributed by atoms with Gasteiger partial charge in [-0.2, -0.15) is 0 Å². The van der Waals surface area contributed by atoms with Crippen LogP contribution in [0.3, 0.4) is 0 Å². The van der Waals surface area contributed by atoms with Crippen molar-refractivity contribution in [2.24, 2.45) is 5.73 Å². The third-order valence-electron chi connectivity index (χ3n) is 1.68. The third kappa shape index (κ3) is 3.22. The summed E-state index contributed by atoms with van der Waals surface area (Å²) in [6.45, 7) is 2.85. The van der Waals surface area contributed by atoms with E-state index in [1.165, 1.54) is 0 Å². The Kier molecular flexibility index (Phi) is 5.54. The Bertz CT molecular complexity index is 127. The van der Waals surface area contributed by atoms with Crippen molar-refractivity contribution >= 4 is 17.0 Å². The van der Waals surface area contributed by atoms with Crippen LogP contribution in [0.1, 0.15) is 6.42 Å². The van der Waals surface area contributed by atoms with Crippen molar-refractivity contribution in [1.29, 1.82) is 0 Å². The number of hydrogen-bond donors (Lipinski definition) is 1. The van der Waals surface area contributed by atoms with Crippen molar-refractivity contribution in [2.45, 2.75) is 6.42 Å². The molecular weight excluding hydrogens is 206 g/mol. The van der Waals surface area contributed by atoms with Gasteiger partial charge in [0.1, 0.15) is 0 Å². The zero-order valence-corrected chi connectivity index (χ0v) is 8.58. The topological polar surface area (TPSA) is 32.5 Å². The highest BCUT2D eigenvalue weighted by molar-refractivity contribution is 8.93. The number of hydrazine groups is 1. The average molecular weight is 222 g/mol. The standard InChI is InChI=1S/C7H15N3.BrH/c1-9-5-3-7-10(9)6-2-4-8;/h3,7H,2,4-6,8H2,1H3;1H. The van der Waals surface area contributed by atoms with Gasteiger partial charge in [-0.3, -0.25) is 0 Å². The van der Waals surface area contributed by atoms with Crippen LogP contribution >= 0.6 is 17.0 Å². The summed E-state index contributed by atoms with van der Waals surface area (Å²) in [6, 6.07) is 0. The first-order valence-electron chi connectivity index (χ1n) is 3.69. The Hall–Kier alpha value is -0.0600. The summed E-state index contributed by atoms with van der Waals surface area (Å²) in [5.74, 6) is 0. The van der Waals surface area contributed by atoms with Crippen LogP contribution in [-0.4, -0.2) is 36.7 Å². The highest BCUT2D eigenvalue weighted by atomic mass is 79.9. The molecule has 4 heteroatoms. The molecule has 0 saturated carbocycles. The van der Waals surface area contributed by atoms with Crippen LogP contribution in [0.15, 0.2) is 12.3 Å². The molecule has 2 N–H and O–H groups in total. The lowest BCUT2D eigenvalue weighted by molar-refractivity contribution is 0.0836. The minimum atomic E-state index is 0. The number of nitrogens with two attached hydrogens (primary N) is 1. The molecule has 11 heavy (non-hydrogen) atoms. The molecular formula is C7H16BrN3. The molecule has 0 aromatic heterocycles. The minimum Gasteiger partial charge on any atom is -0.330 e. The van der Waals surface area contributed by atoms with Crippen LogP contribution in [0.2, 0.25) is 0 Å². The van der Waals surface area contributed by atoms with E-state index in [0.717, 1.165) is 26.1 Å². The van der Waals surface area contributed by atoms with Crippen molar-refractivity contribution in [3.05, 3.63) is 12.3 Å². The van der Waals surface area contributed by atoms with E-state index in [9.17, 15) is 0 Å². The van der Waals surface area contributed by atoms with E-state index in [2.05, 4.69) is 29.3 Å². The molecule has 0 radical (unpaired) electrons. The fourth-order valence-corrected chi connectivity index (χ4v) is 1.04. The van der Waals surface area contributed by atoms with Gasteiger partial charge in [0.25, 0.3) is 0 Å².